The van der Waals surface area contributed by atoms with E-state index >= 15 is 0 Å². The fourth-order valence-corrected chi connectivity index (χ4v) is 4.51. The van der Waals surface area contributed by atoms with Crippen LogP contribution in [-0.4, -0.2) is 50.6 Å². The monoisotopic (exact) mass is 668 g/mol. The molecule has 17 heteroatoms. The van der Waals surface area contributed by atoms with Gasteiger partial charge in [-0.25, -0.2) is 4.99 Å². The first kappa shape index (κ1) is 34.2. The number of guanidine groups is 2. The van der Waals surface area contributed by atoms with Crippen molar-refractivity contribution in [3.8, 4) is 5.75 Å². The maximum Gasteiger partial charge on any atom is 0.332 e. The summed E-state index contributed by atoms with van der Waals surface area (Å²) in [4.78, 5) is 22.1. The van der Waals surface area contributed by atoms with Crippen LogP contribution in [0.5, 0.6) is 5.75 Å². The molecule has 0 radical (unpaired) electrons. The van der Waals surface area contributed by atoms with Crippen LogP contribution in [-0.2, 0) is 26.9 Å². The third-order valence-corrected chi connectivity index (χ3v) is 7.80. The lowest BCUT2D eigenvalue weighted by molar-refractivity contribution is 0.102. The SMILES string of the molecule is CC1(C)N=C(N)N=C(N)N1c1ccc(OCc2ccc(C(=O)Nc3ccc(S(=O)(=O)F)cc3)cc2)c(Cl)c1.CCS(=O)(=O)O. The van der Waals surface area contributed by atoms with Crippen molar-refractivity contribution < 1.29 is 34.8 Å². The Morgan fingerprint density at radius 2 is 1.64 bits per heavy atom. The highest BCUT2D eigenvalue weighted by Crippen LogP contribution is 2.34. The molecule has 44 heavy (non-hydrogen) atoms. The molecule has 4 rings (SSSR count). The number of aliphatic imine (C=N–C) groups is 2. The summed E-state index contributed by atoms with van der Waals surface area (Å²) in [5.41, 5.74) is 13.2. The number of amides is 1. The summed E-state index contributed by atoms with van der Waals surface area (Å²) in [6, 6.07) is 16.6. The van der Waals surface area contributed by atoms with Gasteiger partial charge < -0.3 is 21.5 Å². The van der Waals surface area contributed by atoms with Crippen LogP contribution in [0.4, 0.5) is 15.3 Å². The van der Waals surface area contributed by atoms with Crippen LogP contribution in [0.2, 0.25) is 5.02 Å². The van der Waals surface area contributed by atoms with Crippen molar-refractivity contribution in [1.29, 1.82) is 0 Å². The number of rotatable bonds is 8. The van der Waals surface area contributed by atoms with E-state index in [1.54, 1.807) is 47.4 Å². The fourth-order valence-electron chi connectivity index (χ4n) is 3.81. The molecule has 0 spiro atoms. The Morgan fingerprint density at radius 1 is 1.05 bits per heavy atom. The van der Waals surface area contributed by atoms with Gasteiger partial charge in [-0.3, -0.25) is 14.2 Å². The van der Waals surface area contributed by atoms with Gasteiger partial charge in [0, 0.05) is 16.9 Å². The van der Waals surface area contributed by atoms with Crippen LogP contribution < -0.4 is 26.4 Å². The lowest BCUT2D eigenvalue weighted by Crippen LogP contribution is -2.54. The van der Waals surface area contributed by atoms with E-state index in [1.165, 1.54) is 19.1 Å². The van der Waals surface area contributed by atoms with Gasteiger partial charge in [-0.1, -0.05) is 23.7 Å². The second kappa shape index (κ2) is 13.6. The van der Waals surface area contributed by atoms with Crippen LogP contribution in [0.3, 0.4) is 0 Å². The van der Waals surface area contributed by atoms with Gasteiger partial charge in [-0.15, -0.1) is 3.89 Å². The summed E-state index contributed by atoms with van der Waals surface area (Å²) < 4.78 is 67.6. The van der Waals surface area contributed by atoms with Crippen LogP contribution in [0.25, 0.3) is 0 Å². The first-order valence-corrected chi connectivity index (χ1v) is 16.1. The Labute approximate surface area is 259 Å². The van der Waals surface area contributed by atoms with E-state index in [2.05, 4.69) is 15.3 Å². The second-order valence-electron chi connectivity index (χ2n) is 9.66. The predicted molar refractivity (Wildman–Crippen MR) is 167 cm³/mol. The van der Waals surface area contributed by atoms with Crippen molar-refractivity contribution >= 4 is 61.1 Å². The second-order valence-corrected chi connectivity index (χ2v) is 13.2. The largest absolute Gasteiger partial charge is 0.487 e. The van der Waals surface area contributed by atoms with Crippen molar-refractivity contribution in [2.24, 2.45) is 21.5 Å². The molecule has 0 bridgehead atoms. The molecule has 0 saturated carbocycles. The third-order valence-electron chi connectivity index (χ3n) is 5.94. The molecule has 0 saturated heterocycles. The van der Waals surface area contributed by atoms with Crippen LogP contribution in [0, 0.1) is 0 Å². The number of hydrogen-bond donors (Lipinski definition) is 4. The van der Waals surface area contributed by atoms with Gasteiger partial charge in [0.2, 0.25) is 11.9 Å². The molecule has 0 atom stereocenters. The summed E-state index contributed by atoms with van der Waals surface area (Å²) in [6.45, 7) is 5.26. The highest BCUT2D eigenvalue weighted by Gasteiger charge is 2.33. The highest BCUT2D eigenvalue weighted by atomic mass is 35.5. The van der Waals surface area contributed by atoms with Crippen molar-refractivity contribution in [1.82, 2.24) is 0 Å². The van der Waals surface area contributed by atoms with E-state index in [4.69, 9.17) is 32.4 Å². The number of halogens is 2. The maximum absolute atomic E-state index is 13.0. The third kappa shape index (κ3) is 9.37. The molecule has 1 aliphatic rings. The van der Waals surface area contributed by atoms with Crippen molar-refractivity contribution in [3.63, 3.8) is 0 Å². The molecule has 1 heterocycles. The summed E-state index contributed by atoms with van der Waals surface area (Å²) in [6.07, 6.45) is 0. The average molecular weight is 669 g/mol. The molecule has 13 nitrogen and oxygen atoms in total. The number of carbonyl (C=O) groups excluding carboxylic acids is 1. The summed E-state index contributed by atoms with van der Waals surface area (Å²) in [5, 5.41) is 2.98. The summed E-state index contributed by atoms with van der Waals surface area (Å²) in [7, 11) is -8.47. The number of nitrogens with zero attached hydrogens (tertiary/aromatic N) is 3. The normalized spacial score (nSPS) is 14.5. The zero-order valence-electron chi connectivity index (χ0n) is 23.7. The molecule has 3 aromatic carbocycles. The highest BCUT2D eigenvalue weighted by molar-refractivity contribution is 7.86. The number of hydrogen-bond acceptors (Lipinski definition) is 11. The molecule has 0 aliphatic carbocycles. The fraction of sp³-hybridized carbons (Fsp3) is 0.222. The van der Waals surface area contributed by atoms with E-state index in [0.29, 0.717) is 27.7 Å². The molecule has 236 valence electrons. The zero-order valence-corrected chi connectivity index (χ0v) is 26.1. The minimum absolute atomic E-state index is 0.100. The van der Waals surface area contributed by atoms with Crippen molar-refractivity contribution in [3.05, 3.63) is 82.9 Å². The van der Waals surface area contributed by atoms with Gasteiger partial charge in [-0.05, 0) is 80.9 Å². The molecular formula is C27H30ClFN6O7S2. The predicted octanol–water partition coefficient (Wildman–Crippen LogP) is 3.91. The van der Waals surface area contributed by atoms with E-state index in [0.717, 1.165) is 17.7 Å². The Hall–Kier alpha value is -4.25. The van der Waals surface area contributed by atoms with E-state index < -0.39 is 36.8 Å². The van der Waals surface area contributed by atoms with E-state index in [-0.39, 0.29) is 24.3 Å². The van der Waals surface area contributed by atoms with Crippen molar-refractivity contribution in [2.75, 3.05) is 16.0 Å². The van der Waals surface area contributed by atoms with Crippen LogP contribution in [0.1, 0.15) is 36.7 Å². The average Bonchev–Trinajstić information content (AvgIpc) is 2.91. The molecule has 1 aliphatic heterocycles. The number of anilines is 2. The number of benzene rings is 3. The smallest absolute Gasteiger partial charge is 0.332 e. The molecule has 0 unspecified atom stereocenters. The Morgan fingerprint density at radius 3 is 2.14 bits per heavy atom. The van der Waals surface area contributed by atoms with Gasteiger partial charge in [0.05, 0.1) is 15.7 Å². The number of carbonyl (C=O) groups is 1. The van der Waals surface area contributed by atoms with Crippen LogP contribution in [0.15, 0.2) is 81.6 Å². The van der Waals surface area contributed by atoms with Gasteiger partial charge in [-0.2, -0.15) is 21.8 Å². The van der Waals surface area contributed by atoms with Gasteiger partial charge >= 0.3 is 10.2 Å². The molecular weight excluding hydrogens is 639 g/mol. The van der Waals surface area contributed by atoms with Crippen LogP contribution >= 0.6 is 11.6 Å². The first-order valence-electron chi connectivity index (χ1n) is 12.7. The summed E-state index contributed by atoms with van der Waals surface area (Å²) >= 11 is 6.46. The van der Waals surface area contributed by atoms with E-state index in [9.17, 15) is 25.5 Å². The number of nitrogens with two attached hydrogens (primary N) is 2. The quantitative estimate of drug-likeness (QED) is 0.201. The van der Waals surface area contributed by atoms with E-state index in [1.807, 2.05) is 13.8 Å². The molecule has 1 amide bonds. The Kier molecular flexibility index (Phi) is 10.6. The Balaban J connectivity index is 0.000000801. The standard InChI is InChI=1S/C25H24ClFN6O4S.C2H6O3S/c1-25(2)32-23(28)31-24(29)33(25)18-9-12-21(20(26)13-18)37-14-15-3-5-16(6-4-15)22(34)30-17-7-10-19(11-8-17)38(27,35)36;1-2-6(3,4)5/h3-13H,14H2,1-2H3,(H,30,34)(H4,28,29,31,32);2H2,1H3,(H,3,4,5). The van der Waals surface area contributed by atoms with Gasteiger partial charge in [0.25, 0.3) is 16.0 Å². The summed E-state index contributed by atoms with van der Waals surface area (Å²) in [5.74, 6) is 0.127. The number of nitrogens with one attached hydrogen (secondary N) is 1. The molecule has 0 aromatic heterocycles. The zero-order chi connectivity index (χ0) is 32.9. The molecule has 3 aromatic rings. The maximum atomic E-state index is 13.0. The Bertz CT molecular complexity index is 1800. The number of ether oxygens (including phenoxy) is 1. The molecule has 0 fully saturated rings. The van der Waals surface area contributed by atoms with Gasteiger partial charge in [0.15, 0.2) is 0 Å². The first-order chi connectivity index (χ1) is 20.4. The van der Waals surface area contributed by atoms with Crippen molar-refractivity contribution in [2.45, 2.75) is 37.9 Å². The topological polar surface area (TPSA) is 207 Å². The lowest BCUT2D eigenvalue weighted by atomic mass is 10.1. The lowest BCUT2D eigenvalue weighted by Gasteiger charge is -2.38. The van der Waals surface area contributed by atoms with Gasteiger partial charge in [0.1, 0.15) is 18.0 Å². The minimum atomic E-state index is -4.80. The minimum Gasteiger partial charge on any atom is -0.487 e. The molecule has 6 N–H and O–H groups in total.